The van der Waals surface area contributed by atoms with Gasteiger partial charge in [-0.15, -0.1) is 11.6 Å². The number of phenols is 1. The molecular weight excluding hydrogens is 184 g/mol. The molecule has 2 heteroatoms. The van der Waals surface area contributed by atoms with E-state index in [9.17, 15) is 5.11 Å². The highest BCUT2D eigenvalue weighted by molar-refractivity contribution is 6.18. The molecule has 0 aliphatic rings. The fourth-order valence-electron chi connectivity index (χ4n) is 1.47. The van der Waals surface area contributed by atoms with Crippen molar-refractivity contribution < 1.29 is 5.11 Å². The molecule has 0 atom stereocenters. The summed E-state index contributed by atoms with van der Waals surface area (Å²) in [6.45, 7) is 0. The number of hydrogen-bond acceptors (Lipinski definition) is 1. The van der Waals surface area contributed by atoms with Crippen molar-refractivity contribution in [2.45, 2.75) is 5.88 Å². The Morgan fingerprint density at radius 2 is 1.69 bits per heavy atom. The first-order chi connectivity index (χ1) is 6.33. The number of fused-ring (bicyclic) bond motifs is 1. The minimum atomic E-state index is 0.310. The van der Waals surface area contributed by atoms with Gasteiger partial charge in [-0.1, -0.05) is 30.3 Å². The first-order valence-corrected chi connectivity index (χ1v) is 4.62. The van der Waals surface area contributed by atoms with Crippen LogP contribution >= 0.6 is 11.6 Å². The standard InChI is InChI=1S/C11H9ClO/c12-7-8-3-1-5-10-9(8)4-2-6-11(10)13/h1-6,13H,7H2. The van der Waals surface area contributed by atoms with Crippen LogP contribution in [0.4, 0.5) is 0 Å². The molecule has 66 valence electrons. The number of hydrogen-bond donors (Lipinski definition) is 1. The van der Waals surface area contributed by atoms with Gasteiger partial charge in [-0.2, -0.15) is 0 Å². The summed E-state index contributed by atoms with van der Waals surface area (Å²) in [5, 5.41) is 11.4. The van der Waals surface area contributed by atoms with Crippen LogP contribution in [-0.4, -0.2) is 5.11 Å². The Morgan fingerprint density at radius 1 is 1.00 bits per heavy atom. The van der Waals surface area contributed by atoms with Crippen molar-refractivity contribution >= 4 is 22.4 Å². The first kappa shape index (κ1) is 8.39. The summed E-state index contributed by atoms with van der Waals surface area (Å²) >= 11 is 5.78. The minimum absolute atomic E-state index is 0.310. The summed E-state index contributed by atoms with van der Waals surface area (Å²) in [4.78, 5) is 0. The number of alkyl halides is 1. The Hall–Kier alpha value is -1.21. The number of rotatable bonds is 1. The Balaban J connectivity index is 2.84. The summed E-state index contributed by atoms with van der Waals surface area (Å²) in [7, 11) is 0. The Kier molecular flexibility index (Phi) is 2.11. The van der Waals surface area contributed by atoms with Gasteiger partial charge in [-0.05, 0) is 17.0 Å². The fourth-order valence-corrected chi connectivity index (χ4v) is 1.71. The fraction of sp³-hybridized carbons (Fsp3) is 0.0909. The molecule has 0 aliphatic carbocycles. The second-order valence-corrected chi connectivity index (χ2v) is 3.19. The average Bonchev–Trinajstić information content (AvgIpc) is 2.18. The molecule has 2 rings (SSSR count). The van der Waals surface area contributed by atoms with Gasteiger partial charge in [0.05, 0.1) is 0 Å². The molecule has 1 nitrogen and oxygen atoms in total. The van der Waals surface area contributed by atoms with Crippen molar-refractivity contribution in [2.24, 2.45) is 0 Å². The largest absolute Gasteiger partial charge is 0.507 e. The normalized spacial score (nSPS) is 10.5. The van der Waals surface area contributed by atoms with Crippen LogP contribution in [0.15, 0.2) is 36.4 Å². The van der Waals surface area contributed by atoms with Gasteiger partial charge in [-0.25, -0.2) is 0 Å². The summed E-state index contributed by atoms with van der Waals surface area (Å²) < 4.78 is 0. The number of aromatic hydroxyl groups is 1. The molecular formula is C11H9ClO. The van der Waals surface area contributed by atoms with Crippen molar-refractivity contribution in [3.8, 4) is 5.75 Å². The molecule has 2 aromatic carbocycles. The van der Waals surface area contributed by atoms with E-state index in [2.05, 4.69) is 0 Å². The van der Waals surface area contributed by atoms with E-state index in [1.54, 1.807) is 6.07 Å². The van der Waals surface area contributed by atoms with Crippen LogP contribution in [0.1, 0.15) is 5.56 Å². The van der Waals surface area contributed by atoms with Gasteiger partial charge in [0.2, 0.25) is 0 Å². The Bertz CT molecular complexity index is 437. The van der Waals surface area contributed by atoms with E-state index in [0.717, 1.165) is 16.3 Å². The van der Waals surface area contributed by atoms with Crippen LogP contribution in [0.2, 0.25) is 0 Å². The second kappa shape index (κ2) is 3.27. The van der Waals surface area contributed by atoms with E-state index < -0.39 is 0 Å². The third kappa shape index (κ3) is 1.36. The molecule has 0 unspecified atom stereocenters. The third-order valence-electron chi connectivity index (χ3n) is 2.13. The van der Waals surface area contributed by atoms with Crippen molar-refractivity contribution in [1.82, 2.24) is 0 Å². The Morgan fingerprint density at radius 3 is 2.46 bits per heavy atom. The lowest BCUT2D eigenvalue weighted by Gasteiger charge is -2.04. The zero-order chi connectivity index (χ0) is 9.26. The number of halogens is 1. The van der Waals surface area contributed by atoms with E-state index >= 15 is 0 Å². The predicted octanol–water partition coefficient (Wildman–Crippen LogP) is 3.28. The molecule has 0 aromatic heterocycles. The highest BCUT2D eigenvalue weighted by atomic mass is 35.5. The maximum absolute atomic E-state index is 9.55. The monoisotopic (exact) mass is 192 g/mol. The second-order valence-electron chi connectivity index (χ2n) is 2.92. The Labute approximate surface area is 81.6 Å². The molecule has 0 aliphatic heterocycles. The molecule has 0 bridgehead atoms. The van der Waals surface area contributed by atoms with Crippen molar-refractivity contribution in [1.29, 1.82) is 0 Å². The van der Waals surface area contributed by atoms with Crippen LogP contribution in [0.3, 0.4) is 0 Å². The van der Waals surface area contributed by atoms with E-state index in [1.165, 1.54) is 0 Å². The maximum atomic E-state index is 9.55. The molecule has 1 N–H and O–H groups in total. The SMILES string of the molecule is Oc1cccc2c(CCl)cccc12. The van der Waals surface area contributed by atoms with Gasteiger partial charge in [0.1, 0.15) is 5.75 Å². The van der Waals surface area contributed by atoms with E-state index in [1.807, 2.05) is 30.3 Å². The highest BCUT2D eigenvalue weighted by Gasteiger charge is 2.01. The van der Waals surface area contributed by atoms with Crippen LogP contribution in [0, 0.1) is 0 Å². The van der Waals surface area contributed by atoms with Gasteiger partial charge < -0.3 is 5.11 Å². The molecule has 0 saturated heterocycles. The lowest BCUT2D eigenvalue weighted by Crippen LogP contribution is -1.81. The maximum Gasteiger partial charge on any atom is 0.123 e. The summed E-state index contributed by atoms with van der Waals surface area (Å²) in [6, 6.07) is 11.2. The summed E-state index contributed by atoms with van der Waals surface area (Å²) in [5.74, 6) is 0.783. The van der Waals surface area contributed by atoms with Crippen molar-refractivity contribution in [2.75, 3.05) is 0 Å². The van der Waals surface area contributed by atoms with E-state index in [-0.39, 0.29) is 0 Å². The first-order valence-electron chi connectivity index (χ1n) is 4.08. The zero-order valence-corrected chi connectivity index (χ0v) is 7.75. The van der Waals surface area contributed by atoms with Gasteiger partial charge in [0.15, 0.2) is 0 Å². The lowest BCUT2D eigenvalue weighted by molar-refractivity contribution is 0.481. The molecule has 0 amide bonds. The summed E-state index contributed by atoms with van der Waals surface area (Å²) in [5.41, 5.74) is 1.05. The zero-order valence-electron chi connectivity index (χ0n) is 7.00. The van der Waals surface area contributed by atoms with E-state index in [0.29, 0.717) is 11.6 Å². The topological polar surface area (TPSA) is 20.2 Å². The number of benzene rings is 2. The average molecular weight is 193 g/mol. The smallest absolute Gasteiger partial charge is 0.123 e. The minimum Gasteiger partial charge on any atom is -0.507 e. The molecule has 0 fully saturated rings. The van der Waals surface area contributed by atoms with Crippen LogP contribution in [0.5, 0.6) is 5.75 Å². The third-order valence-corrected chi connectivity index (χ3v) is 2.42. The quantitative estimate of drug-likeness (QED) is 0.688. The summed E-state index contributed by atoms with van der Waals surface area (Å²) in [6.07, 6.45) is 0. The molecule has 0 heterocycles. The number of phenolic OH excluding ortho intramolecular Hbond substituents is 1. The van der Waals surface area contributed by atoms with Gasteiger partial charge in [-0.3, -0.25) is 0 Å². The molecule has 2 aromatic rings. The van der Waals surface area contributed by atoms with Crippen LogP contribution in [0.25, 0.3) is 10.8 Å². The highest BCUT2D eigenvalue weighted by Crippen LogP contribution is 2.27. The van der Waals surface area contributed by atoms with Crippen LogP contribution < -0.4 is 0 Å². The van der Waals surface area contributed by atoms with Crippen molar-refractivity contribution in [3.63, 3.8) is 0 Å². The molecule has 0 radical (unpaired) electrons. The predicted molar refractivity (Wildman–Crippen MR) is 55.2 cm³/mol. The molecule has 13 heavy (non-hydrogen) atoms. The van der Waals surface area contributed by atoms with Crippen LogP contribution in [-0.2, 0) is 5.88 Å². The molecule has 0 spiro atoms. The van der Waals surface area contributed by atoms with Gasteiger partial charge in [0.25, 0.3) is 0 Å². The lowest BCUT2D eigenvalue weighted by atomic mass is 10.1. The van der Waals surface area contributed by atoms with Gasteiger partial charge in [0, 0.05) is 11.3 Å². The molecule has 0 saturated carbocycles. The van der Waals surface area contributed by atoms with Gasteiger partial charge >= 0.3 is 0 Å². The van der Waals surface area contributed by atoms with E-state index in [4.69, 9.17) is 11.6 Å². The van der Waals surface area contributed by atoms with Crippen molar-refractivity contribution in [3.05, 3.63) is 42.0 Å².